The molecule has 128 valence electrons. The van der Waals surface area contributed by atoms with Crippen LogP contribution < -0.4 is 15.5 Å². The van der Waals surface area contributed by atoms with Crippen LogP contribution in [0.25, 0.3) is 0 Å². The SMILES string of the molecule is CNC(=O)C(C)Nc1cc(N2C(=O)CC(=C(C)C)C2=O)ccc1Cl. The van der Waals surface area contributed by atoms with E-state index in [2.05, 4.69) is 10.6 Å². The summed E-state index contributed by atoms with van der Waals surface area (Å²) in [6.07, 6.45) is 0.0984. The van der Waals surface area contributed by atoms with Crippen LogP contribution in [0.4, 0.5) is 11.4 Å². The standard InChI is InChI=1S/C17H20ClN3O3/c1-9(2)12-8-15(22)21(17(12)24)11-5-6-13(18)14(7-11)20-10(3)16(23)19-4/h5-7,10,20H,8H2,1-4H3,(H,19,23). The van der Waals surface area contributed by atoms with Crippen molar-refractivity contribution in [2.45, 2.75) is 33.2 Å². The second kappa shape index (κ2) is 7.05. The van der Waals surface area contributed by atoms with E-state index in [1.807, 2.05) is 13.8 Å². The molecule has 1 aromatic carbocycles. The van der Waals surface area contributed by atoms with Gasteiger partial charge in [0.05, 0.1) is 22.8 Å². The molecule has 1 aliphatic heterocycles. The van der Waals surface area contributed by atoms with Crippen molar-refractivity contribution in [3.8, 4) is 0 Å². The van der Waals surface area contributed by atoms with Crippen LogP contribution in [-0.2, 0) is 14.4 Å². The molecule has 2 rings (SSSR count). The van der Waals surface area contributed by atoms with Crippen molar-refractivity contribution in [1.29, 1.82) is 0 Å². The first-order valence-electron chi connectivity index (χ1n) is 7.57. The number of allylic oxidation sites excluding steroid dienone is 1. The van der Waals surface area contributed by atoms with E-state index in [1.165, 1.54) is 0 Å². The Kier molecular flexibility index (Phi) is 5.29. The fourth-order valence-electron chi connectivity index (χ4n) is 2.48. The lowest BCUT2D eigenvalue weighted by atomic mass is 10.1. The number of carbonyl (C=O) groups excluding carboxylic acids is 3. The molecular weight excluding hydrogens is 330 g/mol. The van der Waals surface area contributed by atoms with Crippen molar-refractivity contribution in [3.05, 3.63) is 34.4 Å². The van der Waals surface area contributed by atoms with E-state index in [9.17, 15) is 14.4 Å². The van der Waals surface area contributed by atoms with Crippen LogP contribution in [-0.4, -0.2) is 30.8 Å². The van der Waals surface area contributed by atoms with Crippen molar-refractivity contribution in [1.82, 2.24) is 5.32 Å². The van der Waals surface area contributed by atoms with Gasteiger partial charge in [-0.3, -0.25) is 14.4 Å². The maximum atomic E-state index is 12.5. The molecule has 0 aromatic heterocycles. The number of rotatable bonds is 4. The maximum Gasteiger partial charge on any atom is 0.261 e. The highest BCUT2D eigenvalue weighted by molar-refractivity contribution is 6.34. The number of anilines is 2. The van der Waals surface area contributed by atoms with Crippen LogP contribution >= 0.6 is 11.6 Å². The van der Waals surface area contributed by atoms with Crippen LogP contribution in [0.1, 0.15) is 27.2 Å². The number of amides is 3. The number of nitrogens with one attached hydrogen (secondary N) is 2. The van der Waals surface area contributed by atoms with Gasteiger partial charge in [0.1, 0.15) is 6.04 Å². The Morgan fingerprint density at radius 3 is 2.50 bits per heavy atom. The highest BCUT2D eigenvalue weighted by Gasteiger charge is 2.35. The third-order valence-corrected chi connectivity index (χ3v) is 4.19. The molecule has 2 N–H and O–H groups in total. The second-order valence-corrected chi connectivity index (χ2v) is 6.24. The van der Waals surface area contributed by atoms with Crippen LogP contribution in [0.2, 0.25) is 5.02 Å². The minimum Gasteiger partial charge on any atom is -0.373 e. The molecule has 7 heteroatoms. The molecule has 0 spiro atoms. The Labute approximate surface area is 145 Å². The van der Waals surface area contributed by atoms with E-state index >= 15 is 0 Å². The number of nitrogens with zero attached hydrogens (tertiary/aromatic N) is 1. The molecule has 1 aliphatic rings. The van der Waals surface area contributed by atoms with Crippen LogP contribution in [0.5, 0.6) is 0 Å². The van der Waals surface area contributed by atoms with E-state index in [1.54, 1.807) is 32.2 Å². The first-order chi connectivity index (χ1) is 11.3. The van der Waals surface area contributed by atoms with Gasteiger partial charge in [0.15, 0.2) is 0 Å². The third-order valence-electron chi connectivity index (χ3n) is 3.86. The van der Waals surface area contributed by atoms with Crippen LogP contribution in [0.15, 0.2) is 29.3 Å². The van der Waals surface area contributed by atoms with Gasteiger partial charge in [-0.1, -0.05) is 17.2 Å². The van der Waals surface area contributed by atoms with Crippen LogP contribution in [0, 0.1) is 0 Å². The molecule has 1 unspecified atom stereocenters. The Morgan fingerprint density at radius 2 is 1.96 bits per heavy atom. The van der Waals surface area contributed by atoms with Gasteiger partial charge in [-0.25, -0.2) is 4.90 Å². The number of hydrogen-bond acceptors (Lipinski definition) is 4. The molecule has 1 fully saturated rings. The number of likely N-dealkylation sites (N-methyl/N-ethyl adjacent to an activating group) is 1. The van der Waals surface area contributed by atoms with E-state index < -0.39 is 6.04 Å². The number of hydrogen-bond donors (Lipinski definition) is 2. The van der Waals surface area contributed by atoms with Gasteiger partial charge < -0.3 is 10.6 Å². The molecule has 1 atom stereocenters. The third kappa shape index (κ3) is 3.43. The molecule has 1 heterocycles. The highest BCUT2D eigenvalue weighted by atomic mass is 35.5. The number of carbonyl (C=O) groups is 3. The predicted octanol–water partition coefficient (Wildman–Crippen LogP) is 2.49. The zero-order valence-corrected chi connectivity index (χ0v) is 14.8. The van der Waals surface area contributed by atoms with Gasteiger partial charge >= 0.3 is 0 Å². The lowest BCUT2D eigenvalue weighted by Gasteiger charge is -2.19. The fraction of sp³-hybridized carbons (Fsp3) is 0.353. The number of benzene rings is 1. The summed E-state index contributed by atoms with van der Waals surface area (Å²) in [5, 5.41) is 5.92. The Hall–Kier alpha value is -2.34. The van der Waals surface area contributed by atoms with E-state index in [4.69, 9.17) is 11.6 Å². The van der Waals surface area contributed by atoms with Crippen molar-refractivity contribution >= 4 is 40.7 Å². The lowest BCUT2D eigenvalue weighted by Crippen LogP contribution is -2.35. The average Bonchev–Trinajstić information content (AvgIpc) is 2.83. The fourth-order valence-corrected chi connectivity index (χ4v) is 2.66. The van der Waals surface area contributed by atoms with Crippen molar-refractivity contribution in [2.75, 3.05) is 17.3 Å². The van der Waals surface area contributed by atoms with E-state index in [0.29, 0.717) is 22.0 Å². The summed E-state index contributed by atoms with van der Waals surface area (Å²) in [7, 11) is 1.54. The van der Waals surface area contributed by atoms with Gasteiger partial charge in [-0.05, 0) is 39.0 Å². The second-order valence-electron chi connectivity index (χ2n) is 5.83. The van der Waals surface area contributed by atoms with Gasteiger partial charge in [-0.15, -0.1) is 0 Å². The summed E-state index contributed by atoms with van der Waals surface area (Å²) in [5.74, 6) is -0.784. The summed E-state index contributed by atoms with van der Waals surface area (Å²) >= 11 is 6.15. The molecular formula is C17H20ClN3O3. The highest BCUT2D eigenvalue weighted by Crippen LogP contribution is 2.33. The lowest BCUT2D eigenvalue weighted by molar-refractivity contribution is -0.122. The molecule has 1 aromatic rings. The van der Waals surface area contributed by atoms with Crippen molar-refractivity contribution in [3.63, 3.8) is 0 Å². The molecule has 1 saturated heterocycles. The largest absolute Gasteiger partial charge is 0.373 e. The maximum absolute atomic E-state index is 12.5. The minimum atomic E-state index is -0.513. The smallest absolute Gasteiger partial charge is 0.261 e. The van der Waals surface area contributed by atoms with Crippen LogP contribution in [0.3, 0.4) is 0 Å². The Balaban J connectivity index is 2.35. The monoisotopic (exact) mass is 349 g/mol. The Bertz CT molecular complexity index is 739. The first kappa shape index (κ1) is 18.0. The van der Waals surface area contributed by atoms with Gasteiger partial charge in [0.25, 0.3) is 5.91 Å². The molecule has 0 saturated carbocycles. The van der Waals surface area contributed by atoms with E-state index in [0.717, 1.165) is 10.5 Å². The minimum absolute atomic E-state index is 0.0984. The molecule has 6 nitrogen and oxygen atoms in total. The number of halogens is 1. The molecule has 3 amide bonds. The number of imide groups is 1. The summed E-state index contributed by atoms with van der Waals surface area (Å²) in [6, 6.07) is 4.30. The molecule has 0 bridgehead atoms. The summed E-state index contributed by atoms with van der Waals surface area (Å²) in [6.45, 7) is 5.31. The summed E-state index contributed by atoms with van der Waals surface area (Å²) in [5.41, 5.74) is 2.26. The van der Waals surface area contributed by atoms with E-state index in [-0.39, 0.29) is 24.1 Å². The van der Waals surface area contributed by atoms with Crippen molar-refractivity contribution in [2.24, 2.45) is 0 Å². The van der Waals surface area contributed by atoms with Gasteiger partial charge in [0, 0.05) is 12.6 Å². The van der Waals surface area contributed by atoms with Gasteiger partial charge in [0.2, 0.25) is 11.8 Å². The molecule has 0 aliphatic carbocycles. The molecule has 0 radical (unpaired) electrons. The quantitative estimate of drug-likeness (QED) is 0.646. The summed E-state index contributed by atoms with van der Waals surface area (Å²) in [4.78, 5) is 37.5. The van der Waals surface area contributed by atoms with Gasteiger partial charge in [-0.2, -0.15) is 0 Å². The average molecular weight is 350 g/mol. The van der Waals surface area contributed by atoms with Crippen molar-refractivity contribution < 1.29 is 14.4 Å². The first-order valence-corrected chi connectivity index (χ1v) is 7.95. The normalized spacial score (nSPS) is 15.5. The zero-order valence-electron chi connectivity index (χ0n) is 14.1. The summed E-state index contributed by atoms with van der Waals surface area (Å²) < 4.78 is 0. The topological polar surface area (TPSA) is 78.5 Å². The molecule has 24 heavy (non-hydrogen) atoms. The zero-order chi connectivity index (χ0) is 18.0. The Morgan fingerprint density at radius 1 is 1.29 bits per heavy atom. The predicted molar refractivity (Wildman–Crippen MR) is 94.1 cm³/mol.